The molecule has 1 aliphatic carbocycles. The normalized spacial score (nSPS) is 13.8. The number of aromatic nitrogens is 1. The van der Waals surface area contributed by atoms with Crippen LogP contribution in [-0.4, -0.2) is 4.57 Å². The highest BCUT2D eigenvalue weighted by atomic mass is 32.1. The van der Waals surface area contributed by atoms with E-state index in [0.717, 1.165) is 0 Å². The Hall–Kier alpha value is -4.66. The fourth-order valence-electron chi connectivity index (χ4n) is 7.25. The van der Waals surface area contributed by atoms with Crippen LogP contribution < -0.4 is 0 Å². The van der Waals surface area contributed by atoms with Crippen molar-refractivity contribution in [3.63, 3.8) is 0 Å². The number of para-hydroxylation sites is 1. The molecule has 194 valence electrons. The Labute approximate surface area is 242 Å². The van der Waals surface area contributed by atoms with Crippen LogP contribution in [0.2, 0.25) is 0 Å². The molecule has 1 aliphatic rings. The molecule has 9 rings (SSSR count). The minimum Gasteiger partial charge on any atom is -0.309 e. The van der Waals surface area contributed by atoms with Gasteiger partial charge in [0.1, 0.15) is 0 Å². The third-order valence-corrected chi connectivity index (χ3v) is 10.3. The second-order valence-corrected chi connectivity index (χ2v) is 12.8. The first-order valence-electron chi connectivity index (χ1n) is 14.3. The van der Waals surface area contributed by atoms with E-state index in [0.29, 0.717) is 0 Å². The first-order chi connectivity index (χ1) is 20.1. The van der Waals surface area contributed by atoms with Crippen LogP contribution in [0.1, 0.15) is 25.0 Å². The smallest absolute Gasteiger partial charge is 0.0544 e. The van der Waals surface area contributed by atoms with Crippen LogP contribution in [0.15, 0.2) is 127 Å². The largest absolute Gasteiger partial charge is 0.309 e. The summed E-state index contributed by atoms with van der Waals surface area (Å²) in [5, 5.41) is 5.28. The monoisotopic (exact) mass is 541 g/mol. The molecule has 0 fully saturated rings. The molecule has 0 bridgehead atoms. The molecule has 0 aliphatic heterocycles. The molecule has 2 heteroatoms. The Morgan fingerprint density at radius 3 is 2.20 bits per heavy atom. The first-order valence-corrected chi connectivity index (χ1v) is 15.1. The van der Waals surface area contributed by atoms with Gasteiger partial charge in [-0.25, -0.2) is 0 Å². The van der Waals surface area contributed by atoms with E-state index in [4.69, 9.17) is 0 Å². The Kier molecular flexibility index (Phi) is 4.61. The molecule has 0 atom stereocenters. The molecule has 0 spiro atoms. The van der Waals surface area contributed by atoms with Gasteiger partial charge < -0.3 is 4.57 Å². The van der Waals surface area contributed by atoms with Crippen LogP contribution in [0.25, 0.3) is 69.9 Å². The molecule has 1 nitrogen and oxygen atoms in total. The summed E-state index contributed by atoms with van der Waals surface area (Å²) >= 11 is 1.88. The fraction of sp³-hybridized carbons (Fsp3) is 0.0769. The Morgan fingerprint density at radius 2 is 1.29 bits per heavy atom. The zero-order valence-electron chi connectivity index (χ0n) is 23.0. The molecule has 0 saturated heterocycles. The van der Waals surface area contributed by atoms with Crippen LogP contribution in [0.3, 0.4) is 0 Å². The van der Waals surface area contributed by atoms with E-state index < -0.39 is 0 Å². The van der Waals surface area contributed by atoms with Gasteiger partial charge in [-0.2, -0.15) is 0 Å². The summed E-state index contributed by atoms with van der Waals surface area (Å²) < 4.78 is 5.14. The lowest BCUT2D eigenvalue weighted by Gasteiger charge is -2.21. The summed E-state index contributed by atoms with van der Waals surface area (Å²) in [6.07, 6.45) is 0. The van der Waals surface area contributed by atoms with Gasteiger partial charge in [0.05, 0.1) is 11.0 Å². The molecule has 41 heavy (non-hydrogen) atoms. The minimum absolute atomic E-state index is 0.0422. The van der Waals surface area contributed by atoms with E-state index in [2.05, 4.69) is 146 Å². The maximum Gasteiger partial charge on any atom is 0.0544 e. The summed E-state index contributed by atoms with van der Waals surface area (Å²) in [6, 6.07) is 47.2. The van der Waals surface area contributed by atoms with E-state index >= 15 is 0 Å². The van der Waals surface area contributed by atoms with Crippen molar-refractivity contribution in [1.82, 2.24) is 4.57 Å². The van der Waals surface area contributed by atoms with Crippen molar-refractivity contribution in [1.29, 1.82) is 0 Å². The van der Waals surface area contributed by atoms with Gasteiger partial charge in [0, 0.05) is 42.0 Å². The minimum atomic E-state index is -0.0422. The third kappa shape index (κ3) is 3.11. The number of nitrogens with zero attached hydrogens (tertiary/aromatic N) is 1. The topological polar surface area (TPSA) is 4.93 Å². The zero-order valence-corrected chi connectivity index (χ0v) is 23.8. The summed E-state index contributed by atoms with van der Waals surface area (Å²) in [4.78, 5) is 0. The van der Waals surface area contributed by atoms with Crippen LogP contribution in [0, 0.1) is 0 Å². The number of thiophene rings is 1. The van der Waals surface area contributed by atoms with Gasteiger partial charge in [-0.05, 0) is 75.8 Å². The van der Waals surface area contributed by atoms with Gasteiger partial charge in [0.2, 0.25) is 0 Å². The Bertz CT molecular complexity index is 2330. The Balaban J connectivity index is 1.36. The van der Waals surface area contributed by atoms with Crippen molar-refractivity contribution in [2.75, 3.05) is 0 Å². The maximum absolute atomic E-state index is 2.48. The second kappa shape index (κ2) is 8.19. The maximum atomic E-state index is 2.48. The number of hydrogen-bond acceptors (Lipinski definition) is 1. The highest BCUT2D eigenvalue weighted by Gasteiger charge is 2.36. The van der Waals surface area contributed by atoms with Gasteiger partial charge in [-0.1, -0.05) is 98.8 Å². The molecular formula is C39H27NS. The van der Waals surface area contributed by atoms with Gasteiger partial charge in [0.25, 0.3) is 0 Å². The van der Waals surface area contributed by atoms with Gasteiger partial charge >= 0.3 is 0 Å². The third-order valence-electron chi connectivity index (χ3n) is 9.20. The quantitative estimate of drug-likeness (QED) is 0.205. The van der Waals surface area contributed by atoms with E-state index in [9.17, 15) is 0 Å². The van der Waals surface area contributed by atoms with E-state index in [-0.39, 0.29) is 5.41 Å². The fourth-order valence-corrected chi connectivity index (χ4v) is 8.37. The van der Waals surface area contributed by atoms with Crippen LogP contribution in [-0.2, 0) is 5.41 Å². The summed E-state index contributed by atoms with van der Waals surface area (Å²) in [5.74, 6) is 0. The Morgan fingerprint density at radius 1 is 0.512 bits per heavy atom. The van der Waals surface area contributed by atoms with E-state index in [1.54, 1.807) is 0 Å². The van der Waals surface area contributed by atoms with Gasteiger partial charge in [-0.15, -0.1) is 11.3 Å². The van der Waals surface area contributed by atoms with E-state index in [1.165, 1.54) is 81.0 Å². The molecule has 6 aromatic carbocycles. The zero-order chi connectivity index (χ0) is 27.3. The van der Waals surface area contributed by atoms with Crippen LogP contribution in [0.5, 0.6) is 0 Å². The highest BCUT2D eigenvalue weighted by molar-refractivity contribution is 7.26. The lowest BCUT2D eigenvalue weighted by atomic mass is 9.82. The first kappa shape index (κ1) is 23.1. The molecule has 2 aromatic heterocycles. The van der Waals surface area contributed by atoms with Gasteiger partial charge in [0.15, 0.2) is 0 Å². The molecule has 0 amide bonds. The SMILES string of the molecule is CC1(C)c2ccccc2-c2cc3c4ccccc4n(-c4ccc5sc6cccc(-c7ccccc7)c6c5c4)c3cc21. The standard InChI is InChI=1S/C39H27NS/c1-39(2)32-16-8-6-13-27(32)29-22-30-28-14-7-9-17-34(28)40(35(30)23-33(29)39)25-19-20-36-31(21-25)38-26(15-10-18-37(38)41-36)24-11-4-3-5-12-24/h3-23H,1-2H3. The predicted molar refractivity (Wildman–Crippen MR) is 177 cm³/mol. The molecule has 0 saturated carbocycles. The van der Waals surface area contributed by atoms with Crippen molar-refractivity contribution in [2.24, 2.45) is 0 Å². The molecule has 8 aromatic rings. The van der Waals surface area contributed by atoms with Crippen molar-refractivity contribution in [3.05, 3.63) is 139 Å². The lowest BCUT2D eigenvalue weighted by molar-refractivity contribution is 0.661. The van der Waals surface area contributed by atoms with Crippen molar-refractivity contribution >= 4 is 53.3 Å². The van der Waals surface area contributed by atoms with Gasteiger partial charge in [-0.3, -0.25) is 0 Å². The number of benzene rings is 6. The summed E-state index contributed by atoms with van der Waals surface area (Å²) in [6.45, 7) is 4.73. The van der Waals surface area contributed by atoms with Crippen molar-refractivity contribution in [2.45, 2.75) is 19.3 Å². The number of fused-ring (bicyclic) bond motifs is 9. The second-order valence-electron chi connectivity index (χ2n) is 11.8. The van der Waals surface area contributed by atoms with Crippen molar-refractivity contribution in [3.8, 4) is 27.9 Å². The predicted octanol–water partition coefficient (Wildman–Crippen LogP) is 11.1. The average Bonchev–Trinajstić information content (AvgIpc) is 3.62. The lowest BCUT2D eigenvalue weighted by Crippen LogP contribution is -2.14. The van der Waals surface area contributed by atoms with Crippen LogP contribution in [0.4, 0.5) is 0 Å². The average molecular weight is 542 g/mol. The molecule has 0 unspecified atom stereocenters. The van der Waals surface area contributed by atoms with Crippen molar-refractivity contribution < 1.29 is 0 Å². The molecule has 0 N–H and O–H groups in total. The summed E-state index contributed by atoms with van der Waals surface area (Å²) in [7, 11) is 0. The van der Waals surface area contributed by atoms with E-state index in [1.807, 2.05) is 11.3 Å². The molecule has 2 heterocycles. The molecule has 0 radical (unpaired) electrons. The highest BCUT2D eigenvalue weighted by Crippen LogP contribution is 2.51. The molecular weight excluding hydrogens is 515 g/mol. The summed E-state index contributed by atoms with van der Waals surface area (Å²) in [5.41, 5.74) is 11.8. The number of rotatable bonds is 2. The van der Waals surface area contributed by atoms with Crippen LogP contribution >= 0.6 is 11.3 Å². The number of hydrogen-bond donors (Lipinski definition) is 0.